The molecule has 0 spiro atoms. The van der Waals surface area contributed by atoms with E-state index in [1.165, 1.54) is 51.0 Å². The summed E-state index contributed by atoms with van der Waals surface area (Å²) in [5, 5.41) is 8.63. The molecule has 0 fully saturated rings. The van der Waals surface area contributed by atoms with Gasteiger partial charge in [-0.25, -0.2) is 0 Å². The minimum atomic E-state index is -0.777. The maximum absolute atomic E-state index is 8.63. The molecule has 0 aromatic rings. The van der Waals surface area contributed by atoms with Gasteiger partial charge in [0.05, 0.1) is 0 Å². The number of rotatable bonds is 15. The van der Waals surface area contributed by atoms with Crippen molar-refractivity contribution in [3.05, 3.63) is 12.3 Å². The number of hydrogen-bond acceptors (Lipinski definition) is 1. The van der Waals surface area contributed by atoms with Crippen LogP contribution in [0, 0.1) is 24.2 Å². The second-order valence-corrected chi connectivity index (χ2v) is 15.9. The summed E-state index contributed by atoms with van der Waals surface area (Å²) < 4.78 is 0. The van der Waals surface area contributed by atoms with Crippen LogP contribution in [0.1, 0.15) is 65.2 Å². The Labute approximate surface area is 201 Å². The molecule has 4 atom stereocenters. The zero-order chi connectivity index (χ0) is 19.6. The van der Waals surface area contributed by atoms with Crippen molar-refractivity contribution in [2.75, 3.05) is 19.9 Å². The molecule has 27 heavy (non-hydrogen) atoms. The Bertz CT molecular complexity index is 259. The number of aliphatic hydroxyl groups is 1. The molecule has 0 aliphatic heterocycles. The van der Waals surface area contributed by atoms with E-state index in [0.717, 1.165) is 35.4 Å². The van der Waals surface area contributed by atoms with Gasteiger partial charge in [0.25, 0.3) is 0 Å². The summed E-state index contributed by atoms with van der Waals surface area (Å²) in [7, 11) is 1.23. The van der Waals surface area contributed by atoms with Gasteiger partial charge in [0, 0.05) is 51.8 Å². The fourth-order valence-electron chi connectivity index (χ4n) is 2.85. The number of aliphatic hydroxyl groups excluding tert-OH is 1. The van der Waals surface area contributed by atoms with Crippen molar-refractivity contribution in [2.45, 2.75) is 90.9 Å². The van der Waals surface area contributed by atoms with Crippen molar-refractivity contribution in [3.8, 4) is 0 Å². The van der Waals surface area contributed by atoms with E-state index in [9.17, 15) is 0 Å². The van der Waals surface area contributed by atoms with Crippen LogP contribution in [0.4, 0.5) is 0 Å². The number of hydrogen-bond donors (Lipinski definition) is 1. The summed E-state index contributed by atoms with van der Waals surface area (Å²) >= 11 is 0. The summed E-state index contributed by atoms with van der Waals surface area (Å²) in [4.78, 5) is 0. The third-order valence-corrected chi connectivity index (χ3v) is 7.92. The summed E-state index contributed by atoms with van der Waals surface area (Å²) in [5.74, 6) is 1.79. The van der Waals surface area contributed by atoms with Gasteiger partial charge < -0.3 is 17.4 Å². The molecule has 0 bridgehead atoms. The van der Waals surface area contributed by atoms with Gasteiger partial charge in [-0.3, -0.25) is 17.2 Å². The van der Waals surface area contributed by atoms with Crippen molar-refractivity contribution < 1.29 is 42.2 Å². The monoisotopic (exact) mass is 508 g/mol. The Morgan fingerprint density at radius 1 is 0.815 bits per heavy atom. The van der Waals surface area contributed by atoms with E-state index in [1.807, 2.05) is 0 Å². The standard InChI is InChI=1S/C12H28PSi.C9H20OP.2V/c1-6-12(9-10-13-2)8-7-11-14(3,4)5;1-3-9(5-4-7-10)6-8-11-2;;/h10,12-13H,6-9,11H2,1-5H3;8-11H,3-7H2,1-2H3;;/q2*-1;;. The minimum Gasteiger partial charge on any atom is -0.396 e. The summed E-state index contributed by atoms with van der Waals surface area (Å²) in [6.07, 6.45) is 15.1. The van der Waals surface area contributed by atoms with Crippen molar-refractivity contribution in [2.24, 2.45) is 11.8 Å². The Kier molecular flexibility index (Phi) is 35.5. The first-order chi connectivity index (χ1) is 11.8. The van der Waals surface area contributed by atoms with Gasteiger partial charge in [-0.1, -0.05) is 96.8 Å². The average molecular weight is 509 g/mol. The molecule has 6 heteroatoms. The molecule has 0 heterocycles. The maximum atomic E-state index is 8.63. The minimum absolute atomic E-state index is 0. The van der Waals surface area contributed by atoms with E-state index in [-0.39, 0.29) is 37.1 Å². The molecule has 0 rings (SSSR count). The normalized spacial score (nSPS) is 13.8. The third kappa shape index (κ3) is 30.5. The SMILES string of the molecule is CCC(C[CH-]PC)CCCO.CCC(C[CH-]PC)CCC[Si](C)(C)C.[V].[V]. The smallest absolute Gasteiger partial charge is 0.0442 e. The first kappa shape index (κ1) is 36.6. The molecule has 1 nitrogen and oxygen atoms in total. The van der Waals surface area contributed by atoms with Crippen LogP contribution < -0.4 is 0 Å². The molecule has 0 saturated carbocycles. The van der Waals surface area contributed by atoms with Crippen LogP contribution in [-0.4, -0.2) is 33.1 Å². The summed E-state index contributed by atoms with van der Waals surface area (Å²) in [6.45, 7) is 16.8. The molecule has 0 amide bonds. The van der Waals surface area contributed by atoms with Gasteiger partial charge in [0.1, 0.15) is 0 Å². The van der Waals surface area contributed by atoms with Crippen molar-refractivity contribution in [1.82, 2.24) is 0 Å². The van der Waals surface area contributed by atoms with Gasteiger partial charge in [-0.2, -0.15) is 12.8 Å². The predicted octanol–water partition coefficient (Wildman–Crippen LogP) is 7.63. The largest absolute Gasteiger partial charge is 0.396 e. The van der Waals surface area contributed by atoms with Crippen LogP contribution in [0.15, 0.2) is 0 Å². The molecule has 0 aliphatic rings. The van der Waals surface area contributed by atoms with Crippen LogP contribution in [0.3, 0.4) is 0 Å². The van der Waals surface area contributed by atoms with E-state index >= 15 is 0 Å². The zero-order valence-electron chi connectivity index (χ0n) is 19.2. The van der Waals surface area contributed by atoms with Crippen LogP contribution in [-0.2, 0) is 37.1 Å². The predicted molar refractivity (Wildman–Crippen MR) is 128 cm³/mol. The quantitative estimate of drug-likeness (QED) is 0.137. The van der Waals surface area contributed by atoms with Crippen molar-refractivity contribution >= 4 is 25.2 Å². The second kappa shape index (κ2) is 26.2. The molecule has 0 aromatic carbocycles. The zero-order valence-corrected chi connectivity index (χ0v) is 25.0. The van der Waals surface area contributed by atoms with E-state index < -0.39 is 8.07 Å². The Morgan fingerprint density at radius 3 is 1.52 bits per heavy atom. The van der Waals surface area contributed by atoms with E-state index in [0.29, 0.717) is 6.61 Å². The van der Waals surface area contributed by atoms with Crippen LogP contribution >= 0.6 is 17.2 Å². The van der Waals surface area contributed by atoms with Crippen LogP contribution in [0.2, 0.25) is 25.7 Å². The van der Waals surface area contributed by atoms with Crippen molar-refractivity contribution in [1.29, 1.82) is 0 Å². The van der Waals surface area contributed by atoms with Gasteiger partial charge in [-0.05, 0) is 6.42 Å². The molecular weight excluding hydrogens is 460 g/mol. The van der Waals surface area contributed by atoms with Gasteiger partial charge in [0.2, 0.25) is 0 Å². The molecule has 0 aliphatic carbocycles. The first-order valence-electron chi connectivity index (χ1n) is 10.4. The molecule has 4 unspecified atom stereocenters. The summed E-state index contributed by atoms with van der Waals surface area (Å²) in [5.41, 5.74) is 0. The fourth-order valence-corrected chi connectivity index (χ4v) is 5.25. The summed E-state index contributed by atoms with van der Waals surface area (Å²) in [6, 6.07) is 1.51. The molecule has 2 radical (unpaired) electrons. The van der Waals surface area contributed by atoms with Gasteiger partial charge >= 0.3 is 0 Å². The third-order valence-electron chi connectivity index (χ3n) is 4.77. The molecule has 1 N–H and O–H groups in total. The molecule has 0 aromatic heterocycles. The topological polar surface area (TPSA) is 20.2 Å². The van der Waals surface area contributed by atoms with Gasteiger partial charge in [0.15, 0.2) is 0 Å². The van der Waals surface area contributed by atoms with E-state index in [1.54, 1.807) is 0 Å². The molecular formula is C21H48OP2SiV2-2. The van der Waals surface area contributed by atoms with E-state index in [4.69, 9.17) is 5.11 Å². The average Bonchev–Trinajstić information content (AvgIpc) is 2.57. The Hall–Kier alpha value is 2.21. The Balaban J connectivity index is -0.000000187. The Morgan fingerprint density at radius 2 is 1.22 bits per heavy atom. The second-order valence-electron chi connectivity index (χ2n) is 8.32. The first-order valence-corrected chi connectivity index (χ1v) is 17.3. The molecule has 164 valence electrons. The maximum Gasteiger partial charge on any atom is 0.0442 e. The van der Waals surface area contributed by atoms with E-state index in [2.05, 4.69) is 59.1 Å². The fraction of sp³-hybridized carbons (Fsp3) is 0.905. The van der Waals surface area contributed by atoms with Crippen LogP contribution in [0.25, 0.3) is 0 Å². The van der Waals surface area contributed by atoms with Crippen LogP contribution in [0.5, 0.6) is 0 Å². The van der Waals surface area contributed by atoms with Gasteiger partial charge in [-0.15, -0.1) is 0 Å². The van der Waals surface area contributed by atoms with Crippen molar-refractivity contribution in [3.63, 3.8) is 0 Å². The molecule has 0 saturated heterocycles.